The van der Waals surface area contributed by atoms with Gasteiger partial charge < -0.3 is 14.0 Å². The lowest BCUT2D eigenvalue weighted by Crippen LogP contribution is -2.12. The van der Waals surface area contributed by atoms with Gasteiger partial charge in [0, 0.05) is 6.54 Å². The highest BCUT2D eigenvalue weighted by atomic mass is 32.2. The Morgan fingerprint density at radius 1 is 1.16 bits per heavy atom. The highest BCUT2D eigenvalue weighted by molar-refractivity contribution is 7.89. The molecule has 0 atom stereocenters. The third-order valence-corrected chi connectivity index (χ3v) is 5.57. The first-order chi connectivity index (χ1) is 14.7. The summed E-state index contributed by atoms with van der Waals surface area (Å²) in [5.41, 5.74) is 1.66. The van der Waals surface area contributed by atoms with Crippen molar-refractivity contribution in [1.29, 1.82) is 0 Å². The number of nitrogens with zero attached hydrogens (tertiary/aromatic N) is 2. The van der Waals surface area contributed by atoms with Crippen molar-refractivity contribution in [3.8, 4) is 5.75 Å². The molecule has 0 bridgehead atoms. The number of hydrogen-bond acceptors (Lipinski definition) is 6. The van der Waals surface area contributed by atoms with Crippen molar-refractivity contribution in [3.05, 3.63) is 53.9 Å². The molecule has 0 fully saturated rings. The summed E-state index contributed by atoms with van der Waals surface area (Å²) in [6.45, 7) is 6.57. The first kappa shape index (κ1) is 22.8. The Labute approximate surface area is 182 Å². The van der Waals surface area contributed by atoms with Crippen LogP contribution in [-0.4, -0.2) is 30.0 Å². The molecule has 1 aromatic heterocycles. The number of nitrogens with two attached hydrogens (primary N) is 1. The maximum absolute atomic E-state index is 12.5. The van der Waals surface area contributed by atoms with E-state index < -0.39 is 16.0 Å². The van der Waals surface area contributed by atoms with E-state index in [1.165, 1.54) is 12.1 Å². The Balaban J connectivity index is 1.81. The summed E-state index contributed by atoms with van der Waals surface area (Å²) in [4.78, 5) is 17.0. The zero-order chi connectivity index (χ0) is 22.6. The van der Waals surface area contributed by atoms with Crippen molar-refractivity contribution >= 4 is 27.0 Å². The maximum Gasteiger partial charge on any atom is 0.338 e. The van der Waals surface area contributed by atoms with E-state index >= 15 is 0 Å². The second kappa shape index (κ2) is 9.49. The molecule has 9 heteroatoms. The van der Waals surface area contributed by atoms with Crippen molar-refractivity contribution in [3.63, 3.8) is 0 Å². The van der Waals surface area contributed by atoms with E-state index in [1.54, 1.807) is 30.3 Å². The van der Waals surface area contributed by atoms with Crippen molar-refractivity contribution in [1.82, 2.24) is 9.55 Å². The average molecular weight is 446 g/mol. The molecule has 0 radical (unpaired) electrons. The van der Waals surface area contributed by atoms with Crippen LogP contribution in [0.2, 0.25) is 0 Å². The number of fused-ring (bicyclic) bond motifs is 1. The lowest BCUT2D eigenvalue weighted by atomic mass is 10.2. The molecule has 2 N–H and O–H groups in total. The predicted molar refractivity (Wildman–Crippen MR) is 117 cm³/mol. The number of hydrogen-bond donors (Lipinski definition) is 1. The number of rotatable bonds is 9. The fraction of sp³-hybridized carbons (Fsp3) is 0.364. The van der Waals surface area contributed by atoms with Gasteiger partial charge in [-0.3, -0.25) is 0 Å². The third-order valence-electron chi connectivity index (χ3n) is 4.66. The van der Waals surface area contributed by atoms with E-state index in [0.717, 1.165) is 18.4 Å². The second-order valence-corrected chi connectivity index (χ2v) is 9.06. The number of unbranched alkanes of at least 4 members (excludes halogenated alkanes) is 1. The van der Waals surface area contributed by atoms with Gasteiger partial charge in [0.1, 0.15) is 18.2 Å². The highest BCUT2D eigenvalue weighted by Crippen LogP contribution is 2.22. The molecule has 0 aliphatic rings. The molecule has 0 saturated carbocycles. The summed E-state index contributed by atoms with van der Waals surface area (Å²) < 4.78 is 36.3. The van der Waals surface area contributed by atoms with Gasteiger partial charge in [0.25, 0.3) is 0 Å². The summed E-state index contributed by atoms with van der Waals surface area (Å²) in [6, 6.07) is 11.3. The van der Waals surface area contributed by atoms with E-state index in [0.29, 0.717) is 29.2 Å². The fourth-order valence-corrected chi connectivity index (χ4v) is 3.70. The topological polar surface area (TPSA) is 114 Å². The number of primary sulfonamides is 1. The predicted octanol–water partition coefficient (Wildman–Crippen LogP) is 3.63. The van der Waals surface area contributed by atoms with E-state index in [2.05, 4.69) is 11.9 Å². The number of aromatic nitrogens is 2. The molecule has 0 aliphatic heterocycles. The van der Waals surface area contributed by atoms with E-state index in [9.17, 15) is 13.2 Å². The summed E-state index contributed by atoms with van der Waals surface area (Å²) in [7, 11) is -3.83. The van der Waals surface area contributed by atoms with Crippen LogP contribution in [0, 0.1) is 0 Å². The van der Waals surface area contributed by atoms with Gasteiger partial charge in [0.05, 0.1) is 27.6 Å². The molecule has 0 aliphatic carbocycles. The summed E-state index contributed by atoms with van der Waals surface area (Å²) in [6.07, 6.45) is 1.92. The second-order valence-electron chi connectivity index (χ2n) is 7.50. The zero-order valence-electron chi connectivity index (χ0n) is 17.9. The smallest absolute Gasteiger partial charge is 0.338 e. The zero-order valence-corrected chi connectivity index (χ0v) is 18.7. The summed E-state index contributed by atoms with van der Waals surface area (Å²) in [5, 5.41) is 5.23. The first-order valence-corrected chi connectivity index (χ1v) is 11.7. The molecule has 3 aromatic rings. The van der Waals surface area contributed by atoms with Gasteiger partial charge in [-0.05, 0) is 62.7 Å². The molecule has 0 amide bonds. The SMILES string of the molecule is CCCCn1c(COC(=O)c2ccc(OC(C)C)cc2)nc2cc(S(N)(=O)=O)ccc21. The molecule has 166 valence electrons. The highest BCUT2D eigenvalue weighted by Gasteiger charge is 2.16. The van der Waals surface area contributed by atoms with E-state index in [4.69, 9.17) is 14.6 Å². The number of benzene rings is 2. The molecule has 0 unspecified atom stereocenters. The van der Waals surface area contributed by atoms with Gasteiger partial charge >= 0.3 is 5.97 Å². The van der Waals surface area contributed by atoms with Gasteiger partial charge in [0.2, 0.25) is 10.0 Å². The van der Waals surface area contributed by atoms with Gasteiger partial charge in [0.15, 0.2) is 0 Å². The lowest BCUT2D eigenvalue weighted by molar-refractivity contribution is 0.0458. The molecule has 0 saturated heterocycles. The maximum atomic E-state index is 12.5. The Morgan fingerprint density at radius 2 is 1.87 bits per heavy atom. The van der Waals surface area contributed by atoms with Crippen LogP contribution in [0.5, 0.6) is 5.75 Å². The van der Waals surface area contributed by atoms with Crippen LogP contribution >= 0.6 is 0 Å². The molecule has 8 nitrogen and oxygen atoms in total. The van der Waals surface area contributed by atoms with Crippen molar-refractivity contribution in [2.24, 2.45) is 5.14 Å². The minimum Gasteiger partial charge on any atom is -0.491 e. The number of carbonyl (C=O) groups is 1. The minimum absolute atomic E-state index is 0.00704. The Bertz CT molecular complexity index is 1170. The van der Waals surface area contributed by atoms with Gasteiger partial charge in [-0.1, -0.05) is 13.3 Å². The average Bonchev–Trinajstić information content (AvgIpc) is 3.06. The Morgan fingerprint density at radius 3 is 2.48 bits per heavy atom. The number of aryl methyl sites for hydroxylation is 1. The van der Waals surface area contributed by atoms with E-state index in [1.807, 2.05) is 18.4 Å². The molecular weight excluding hydrogens is 418 g/mol. The van der Waals surface area contributed by atoms with Crippen molar-refractivity contribution in [2.45, 2.75) is 57.8 Å². The lowest BCUT2D eigenvalue weighted by Gasteiger charge is -2.11. The number of imidazole rings is 1. The number of sulfonamides is 1. The molecule has 2 aromatic carbocycles. The van der Waals surface area contributed by atoms with Crippen LogP contribution in [0.1, 0.15) is 49.8 Å². The minimum atomic E-state index is -3.83. The molecule has 3 rings (SSSR count). The summed E-state index contributed by atoms with van der Waals surface area (Å²) in [5.74, 6) is 0.747. The van der Waals surface area contributed by atoms with Gasteiger partial charge in [-0.15, -0.1) is 0 Å². The van der Waals surface area contributed by atoms with Gasteiger partial charge in [-0.25, -0.2) is 23.3 Å². The number of carbonyl (C=O) groups excluding carboxylic acids is 1. The van der Waals surface area contributed by atoms with Crippen LogP contribution in [0.25, 0.3) is 11.0 Å². The number of ether oxygens (including phenoxy) is 2. The van der Waals surface area contributed by atoms with Gasteiger partial charge in [-0.2, -0.15) is 0 Å². The third kappa shape index (κ3) is 5.62. The fourth-order valence-electron chi connectivity index (χ4n) is 3.17. The van der Waals surface area contributed by atoms with Crippen molar-refractivity contribution < 1.29 is 22.7 Å². The molecule has 0 spiro atoms. The monoisotopic (exact) mass is 445 g/mol. The largest absolute Gasteiger partial charge is 0.491 e. The summed E-state index contributed by atoms with van der Waals surface area (Å²) >= 11 is 0. The molecular formula is C22H27N3O5S. The van der Waals surface area contributed by atoms with Crippen LogP contribution in [-0.2, 0) is 27.9 Å². The number of esters is 1. The Hall–Kier alpha value is -2.91. The standard InChI is InChI=1S/C22H27N3O5S/c1-4-5-12-25-20-11-10-18(31(23,27)28)13-19(20)24-21(25)14-29-22(26)16-6-8-17(9-7-16)30-15(2)3/h6-11,13,15H,4-5,12,14H2,1-3H3,(H2,23,27,28). The Kier molecular flexibility index (Phi) is 6.97. The van der Waals surface area contributed by atoms with Crippen LogP contribution in [0.15, 0.2) is 47.4 Å². The van der Waals surface area contributed by atoms with E-state index in [-0.39, 0.29) is 17.6 Å². The first-order valence-electron chi connectivity index (χ1n) is 10.1. The normalized spacial score (nSPS) is 11.8. The molecule has 1 heterocycles. The molecule has 31 heavy (non-hydrogen) atoms. The quantitative estimate of drug-likeness (QED) is 0.503. The van der Waals surface area contributed by atoms with Crippen molar-refractivity contribution in [2.75, 3.05) is 0 Å². The van der Waals surface area contributed by atoms with Crippen LogP contribution in [0.3, 0.4) is 0 Å². The van der Waals surface area contributed by atoms with Crippen LogP contribution in [0.4, 0.5) is 0 Å². The van der Waals surface area contributed by atoms with Crippen LogP contribution < -0.4 is 9.88 Å².